The summed E-state index contributed by atoms with van der Waals surface area (Å²) in [5.41, 5.74) is 7.29. The van der Waals surface area contributed by atoms with Crippen molar-refractivity contribution < 1.29 is 23.4 Å². The summed E-state index contributed by atoms with van der Waals surface area (Å²) in [4.78, 5) is 10.7. The number of amidine groups is 1. The number of likely N-dealkylation sites (tertiary alicyclic amines) is 1. The van der Waals surface area contributed by atoms with E-state index in [1.807, 2.05) is 35.9 Å². The standard InChI is InChI=1S/C34H33F2N7O3/c1-42-17-14-39-32(42)23-8-5-9-25(18-23)45-33-28(35)30(40-24-12-15-43(16-13-24)20-21-6-3-2-4-7-21)29(36)34(41-33)46-27-19-22(31(37)38)10-11-26(27)44/h2-11,14,17-19,24,44H,12-13,15-16,20H2,1H3,(H3,37,38)(H,40,41). The van der Waals surface area contributed by atoms with Gasteiger partial charge in [0.05, 0.1) is 0 Å². The first-order valence-electron chi connectivity index (χ1n) is 14.8. The molecule has 10 nitrogen and oxygen atoms in total. The topological polar surface area (TPSA) is 135 Å². The lowest BCUT2D eigenvalue weighted by Gasteiger charge is -2.33. The van der Waals surface area contributed by atoms with E-state index in [9.17, 15) is 5.11 Å². The summed E-state index contributed by atoms with van der Waals surface area (Å²) >= 11 is 0. The van der Waals surface area contributed by atoms with Gasteiger partial charge in [0.1, 0.15) is 23.1 Å². The Morgan fingerprint density at radius 1 is 1.00 bits per heavy atom. The Kier molecular flexibility index (Phi) is 8.79. The number of aryl methyl sites for hydroxylation is 1. The molecule has 1 fully saturated rings. The van der Waals surface area contributed by atoms with Gasteiger partial charge in [0.2, 0.25) is 11.6 Å². The highest BCUT2D eigenvalue weighted by Crippen LogP contribution is 2.39. The molecule has 0 amide bonds. The fourth-order valence-corrected chi connectivity index (χ4v) is 5.37. The van der Waals surface area contributed by atoms with Crippen molar-refractivity contribution in [3.05, 3.63) is 108 Å². The number of halogens is 2. The van der Waals surface area contributed by atoms with Crippen LogP contribution in [0.5, 0.6) is 29.0 Å². The second-order valence-corrected chi connectivity index (χ2v) is 11.1. The predicted octanol–water partition coefficient (Wildman–Crippen LogP) is 6.41. The zero-order valence-electron chi connectivity index (χ0n) is 25.1. The first-order valence-corrected chi connectivity index (χ1v) is 14.8. The molecule has 3 aromatic carbocycles. The van der Waals surface area contributed by atoms with Gasteiger partial charge in [0, 0.05) is 56.2 Å². The summed E-state index contributed by atoms with van der Waals surface area (Å²) in [6.07, 6.45) is 4.75. The monoisotopic (exact) mass is 625 g/mol. The molecule has 46 heavy (non-hydrogen) atoms. The van der Waals surface area contributed by atoms with Crippen LogP contribution in [0.2, 0.25) is 0 Å². The minimum Gasteiger partial charge on any atom is -0.504 e. The molecule has 1 aliphatic rings. The molecule has 0 spiro atoms. The summed E-state index contributed by atoms with van der Waals surface area (Å²) in [5, 5.41) is 21.2. The highest BCUT2D eigenvalue weighted by Gasteiger charge is 2.28. The van der Waals surface area contributed by atoms with Crippen LogP contribution in [0.3, 0.4) is 0 Å². The van der Waals surface area contributed by atoms with E-state index in [0.717, 1.165) is 25.2 Å². The molecule has 0 atom stereocenters. The predicted molar refractivity (Wildman–Crippen MR) is 170 cm³/mol. The van der Waals surface area contributed by atoms with Crippen molar-refractivity contribution in [3.8, 4) is 40.4 Å². The van der Waals surface area contributed by atoms with Gasteiger partial charge in [-0.25, -0.2) is 4.98 Å². The fourth-order valence-electron chi connectivity index (χ4n) is 5.37. The number of aromatic hydroxyl groups is 1. The molecule has 0 aliphatic carbocycles. The van der Waals surface area contributed by atoms with Crippen molar-refractivity contribution in [3.63, 3.8) is 0 Å². The van der Waals surface area contributed by atoms with E-state index in [1.165, 1.54) is 23.8 Å². The Labute approximate surface area is 264 Å². The number of nitrogens with two attached hydrogens (primary N) is 1. The Bertz CT molecular complexity index is 1860. The number of anilines is 1. The lowest BCUT2D eigenvalue weighted by Crippen LogP contribution is -2.39. The van der Waals surface area contributed by atoms with Gasteiger partial charge in [0.15, 0.2) is 11.5 Å². The number of phenols is 1. The van der Waals surface area contributed by atoms with E-state index in [-0.39, 0.29) is 34.7 Å². The third kappa shape index (κ3) is 6.76. The highest BCUT2D eigenvalue weighted by molar-refractivity contribution is 5.95. The Morgan fingerprint density at radius 2 is 1.74 bits per heavy atom. The van der Waals surface area contributed by atoms with Gasteiger partial charge in [-0.1, -0.05) is 42.5 Å². The van der Waals surface area contributed by atoms with Crippen molar-refractivity contribution >= 4 is 11.5 Å². The summed E-state index contributed by atoms with van der Waals surface area (Å²) < 4.78 is 45.5. The van der Waals surface area contributed by atoms with Gasteiger partial charge >= 0.3 is 0 Å². The van der Waals surface area contributed by atoms with Gasteiger partial charge in [-0.15, -0.1) is 0 Å². The van der Waals surface area contributed by atoms with Gasteiger partial charge in [-0.05, 0) is 48.7 Å². The molecule has 1 aliphatic heterocycles. The number of nitrogens with zero attached hydrogens (tertiary/aromatic N) is 4. The minimum atomic E-state index is -1.09. The fraction of sp³-hybridized carbons (Fsp3) is 0.206. The maximum Gasteiger partial charge on any atom is 0.261 e. The van der Waals surface area contributed by atoms with Gasteiger partial charge in [-0.3, -0.25) is 10.3 Å². The van der Waals surface area contributed by atoms with E-state index >= 15 is 8.78 Å². The molecule has 0 saturated carbocycles. The smallest absolute Gasteiger partial charge is 0.261 e. The zero-order chi connectivity index (χ0) is 32.2. The number of benzene rings is 3. The summed E-state index contributed by atoms with van der Waals surface area (Å²) in [6.45, 7) is 2.26. The number of phenolic OH excluding ortho intramolecular Hbond substituents is 1. The number of piperidine rings is 1. The van der Waals surface area contributed by atoms with E-state index < -0.39 is 29.1 Å². The Hall–Kier alpha value is -5.49. The highest BCUT2D eigenvalue weighted by atomic mass is 19.1. The third-order valence-corrected chi connectivity index (χ3v) is 7.81. The summed E-state index contributed by atoms with van der Waals surface area (Å²) in [6, 6.07) is 20.7. The molecule has 5 aromatic rings. The number of nitrogen functional groups attached to an aromatic ring is 1. The van der Waals surface area contributed by atoms with E-state index in [2.05, 4.69) is 32.3 Å². The summed E-state index contributed by atoms with van der Waals surface area (Å²) in [7, 11) is 1.85. The van der Waals surface area contributed by atoms with Crippen LogP contribution in [0.15, 0.2) is 85.2 Å². The number of nitrogens with one attached hydrogen (secondary N) is 2. The molecule has 12 heteroatoms. The number of pyridine rings is 1. The van der Waals surface area contributed by atoms with Gasteiger partial charge < -0.3 is 30.2 Å². The van der Waals surface area contributed by atoms with Crippen molar-refractivity contribution in [2.24, 2.45) is 12.8 Å². The van der Waals surface area contributed by atoms with Crippen LogP contribution in [-0.2, 0) is 13.6 Å². The van der Waals surface area contributed by atoms with Crippen LogP contribution in [0.4, 0.5) is 14.5 Å². The van der Waals surface area contributed by atoms with Crippen LogP contribution in [0.25, 0.3) is 11.4 Å². The number of hydrogen-bond acceptors (Lipinski definition) is 8. The average molecular weight is 626 g/mol. The third-order valence-electron chi connectivity index (χ3n) is 7.81. The van der Waals surface area contributed by atoms with Crippen molar-refractivity contribution in [1.82, 2.24) is 19.4 Å². The molecule has 2 aromatic heterocycles. The summed E-state index contributed by atoms with van der Waals surface area (Å²) in [5.74, 6) is -3.21. The number of aromatic nitrogens is 3. The van der Waals surface area contributed by atoms with Gasteiger partial charge in [0.25, 0.3) is 11.8 Å². The Balaban J connectivity index is 1.30. The van der Waals surface area contributed by atoms with Crippen molar-refractivity contribution in [2.75, 3.05) is 18.4 Å². The van der Waals surface area contributed by atoms with Crippen LogP contribution in [0.1, 0.15) is 24.0 Å². The molecule has 0 bridgehead atoms. The number of ether oxygens (including phenoxy) is 2. The molecule has 5 N–H and O–H groups in total. The Morgan fingerprint density at radius 3 is 2.43 bits per heavy atom. The molecule has 236 valence electrons. The van der Waals surface area contributed by atoms with Crippen LogP contribution < -0.4 is 20.5 Å². The van der Waals surface area contributed by atoms with Crippen LogP contribution in [-0.4, -0.2) is 49.5 Å². The van der Waals surface area contributed by atoms with Crippen LogP contribution >= 0.6 is 0 Å². The lowest BCUT2D eigenvalue weighted by molar-refractivity contribution is 0.211. The van der Waals surface area contributed by atoms with Crippen molar-refractivity contribution in [1.29, 1.82) is 5.41 Å². The second-order valence-electron chi connectivity index (χ2n) is 11.1. The van der Waals surface area contributed by atoms with E-state index in [1.54, 1.807) is 30.6 Å². The molecular weight excluding hydrogens is 592 g/mol. The molecule has 0 unspecified atom stereocenters. The molecule has 3 heterocycles. The van der Waals surface area contributed by atoms with Crippen molar-refractivity contribution in [2.45, 2.75) is 25.4 Å². The van der Waals surface area contributed by atoms with E-state index in [4.69, 9.17) is 20.6 Å². The molecule has 6 rings (SSSR count). The minimum absolute atomic E-state index is 0.214. The number of imidazole rings is 1. The number of hydrogen-bond donors (Lipinski definition) is 4. The zero-order valence-corrected chi connectivity index (χ0v) is 25.1. The SMILES string of the molecule is Cn1ccnc1-c1cccc(Oc2nc(Oc3cc(C(=N)N)ccc3O)c(F)c(NC3CCN(Cc4ccccc4)CC3)c2F)c1. The first-order chi connectivity index (χ1) is 22.2. The average Bonchev–Trinajstić information content (AvgIpc) is 3.49. The number of rotatable bonds is 10. The lowest BCUT2D eigenvalue weighted by atomic mass is 10.0. The maximum absolute atomic E-state index is 16.1. The van der Waals surface area contributed by atoms with E-state index in [0.29, 0.717) is 18.7 Å². The van der Waals surface area contributed by atoms with Gasteiger partial charge in [-0.2, -0.15) is 13.8 Å². The first kappa shape index (κ1) is 30.5. The molecular formula is C34H33F2N7O3. The maximum atomic E-state index is 16.1. The quantitative estimate of drug-likeness (QED) is 0.103. The van der Waals surface area contributed by atoms with Crippen LogP contribution in [0, 0.1) is 17.0 Å². The second kappa shape index (κ2) is 13.2. The normalized spacial score (nSPS) is 13.8. The largest absolute Gasteiger partial charge is 0.504 e. The molecule has 1 saturated heterocycles. The molecule has 0 radical (unpaired) electrons.